The van der Waals surface area contributed by atoms with E-state index in [0.717, 1.165) is 0 Å². The molecule has 1 aliphatic heterocycles. The molecule has 0 saturated heterocycles. The summed E-state index contributed by atoms with van der Waals surface area (Å²) in [5.41, 5.74) is -0.127. The number of aromatic nitrogens is 1. The van der Waals surface area contributed by atoms with Gasteiger partial charge in [-0.2, -0.15) is 0 Å². The molecule has 0 saturated carbocycles. The van der Waals surface area contributed by atoms with Crippen molar-refractivity contribution in [3.05, 3.63) is 57.3 Å². The maximum atomic E-state index is 12.6. The summed E-state index contributed by atoms with van der Waals surface area (Å²) >= 11 is 5.82. The van der Waals surface area contributed by atoms with Gasteiger partial charge in [0.1, 0.15) is 11.3 Å². The third kappa shape index (κ3) is 2.44. The summed E-state index contributed by atoms with van der Waals surface area (Å²) in [6.45, 7) is 0.00301. The Balaban J connectivity index is 1.88. The first-order valence-electron chi connectivity index (χ1n) is 7.68. The molecule has 2 heterocycles. The lowest BCUT2D eigenvalue weighted by molar-refractivity contribution is 0.102. The molecule has 8 heteroatoms. The van der Waals surface area contributed by atoms with E-state index in [1.54, 1.807) is 36.4 Å². The molecule has 0 aliphatic carbocycles. The Hall–Kier alpha value is -3.19. The first-order chi connectivity index (χ1) is 12.5. The number of benzene rings is 2. The van der Waals surface area contributed by atoms with Gasteiger partial charge in [-0.15, -0.1) is 0 Å². The second-order valence-electron chi connectivity index (χ2n) is 5.74. The van der Waals surface area contributed by atoms with Crippen LogP contribution in [-0.4, -0.2) is 22.4 Å². The Morgan fingerprint density at radius 1 is 1.19 bits per heavy atom. The van der Waals surface area contributed by atoms with Gasteiger partial charge in [0.25, 0.3) is 11.5 Å². The fraction of sp³-hybridized carbons (Fsp3) is 0.111. The van der Waals surface area contributed by atoms with E-state index in [-0.39, 0.29) is 17.7 Å². The number of hydrogen-bond acceptors (Lipinski definition) is 5. The van der Waals surface area contributed by atoms with Crippen LogP contribution in [0.4, 0.5) is 5.69 Å². The van der Waals surface area contributed by atoms with Crippen molar-refractivity contribution in [3.63, 3.8) is 0 Å². The van der Waals surface area contributed by atoms with Crippen LogP contribution in [0.2, 0.25) is 5.02 Å². The molecule has 0 fully saturated rings. The third-order valence-electron chi connectivity index (χ3n) is 4.20. The number of nitrogens with zero attached hydrogens (tertiary/aromatic N) is 1. The van der Waals surface area contributed by atoms with Gasteiger partial charge in [0.15, 0.2) is 11.5 Å². The Bertz CT molecular complexity index is 1110. The Morgan fingerprint density at radius 2 is 1.92 bits per heavy atom. The van der Waals surface area contributed by atoms with E-state index in [1.807, 2.05) is 0 Å². The Morgan fingerprint density at radius 3 is 2.65 bits per heavy atom. The monoisotopic (exact) mass is 372 g/mol. The molecule has 26 heavy (non-hydrogen) atoms. The van der Waals surface area contributed by atoms with Gasteiger partial charge in [0.05, 0.1) is 10.9 Å². The number of hydrogen-bond donors (Lipinski definition) is 2. The van der Waals surface area contributed by atoms with Crippen LogP contribution < -0.4 is 20.3 Å². The van der Waals surface area contributed by atoms with Gasteiger partial charge >= 0.3 is 0 Å². The minimum Gasteiger partial charge on any atom is -0.506 e. The standard InChI is InChI=1S/C18H13ClN2O5/c1-21-11-6-7-12-16(26-8-25-12)13(11)15(22)14(18(21)24)17(23)20-10-4-2-9(19)3-5-10/h2-7,22H,8H2,1H3,(H,20,23). The van der Waals surface area contributed by atoms with Gasteiger partial charge in [-0.1, -0.05) is 11.6 Å². The van der Waals surface area contributed by atoms with Crippen LogP contribution in [0.15, 0.2) is 41.2 Å². The zero-order chi connectivity index (χ0) is 18.4. The third-order valence-corrected chi connectivity index (χ3v) is 4.45. The number of nitrogens with one attached hydrogen (secondary N) is 1. The summed E-state index contributed by atoms with van der Waals surface area (Å²) in [6, 6.07) is 9.68. The molecule has 2 N–H and O–H groups in total. The topological polar surface area (TPSA) is 89.8 Å². The molecule has 0 bridgehead atoms. The average molecular weight is 373 g/mol. The Kier molecular flexibility index (Phi) is 3.73. The minimum absolute atomic E-state index is 0.00301. The Labute approximate surface area is 152 Å². The predicted octanol–water partition coefficient (Wildman–Crippen LogP) is 2.88. The highest BCUT2D eigenvalue weighted by molar-refractivity contribution is 6.30. The second-order valence-corrected chi connectivity index (χ2v) is 6.18. The summed E-state index contributed by atoms with van der Waals surface area (Å²) in [5, 5.41) is 14.0. The molecule has 132 valence electrons. The normalized spacial score (nSPS) is 12.4. The van der Waals surface area contributed by atoms with Crippen LogP contribution in [0.25, 0.3) is 10.9 Å². The van der Waals surface area contributed by atoms with Gasteiger partial charge in [-0.05, 0) is 36.4 Å². The second kappa shape index (κ2) is 5.96. The number of rotatable bonds is 2. The van der Waals surface area contributed by atoms with E-state index in [2.05, 4.69) is 5.32 Å². The molecular formula is C18H13ClN2O5. The molecule has 3 aromatic rings. The van der Waals surface area contributed by atoms with Crippen molar-refractivity contribution < 1.29 is 19.4 Å². The lowest BCUT2D eigenvalue weighted by Gasteiger charge is -2.13. The fourth-order valence-corrected chi connectivity index (χ4v) is 3.03. The van der Waals surface area contributed by atoms with E-state index < -0.39 is 17.2 Å². The largest absolute Gasteiger partial charge is 0.506 e. The van der Waals surface area contributed by atoms with E-state index in [1.165, 1.54) is 11.6 Å². The number of carbonyl (C=O) groups is 1. The summed E-state index contributed by atoms with van der Waals surface area (Å²) in [7, 11) is 1.52. The van der Waals surface area contributed by atoms with Gasteiger partial charge < -0.3 is 24.5 Å². The van der Waals surface area contributed by atoms with Gasteiger partial charge in [0.2, 0.25) is 6.79 Å². The van der Waals surface area contributed by atoms with E-state index in [4.69, 9.17) is 21.1 Å². The van der Waals surface area contributed by atoms with Gasteiger partial charge in [-0.25, -0.2) is 0 Å². The number of ether oxygens (including phenoxy) is 2. The number of aromatic hydroxyl groups is 1. The van der Waals surface area contributed by atoms with E-state index >= 15 is 0 Å². The highest BCUT2D eigenvalue weighted by atomic mass is 35.5. The molecule has 2 aromatic carbocycles. The highest BCUT2D eigenvalue weighted by Gasteiger charge is 2.27. The van der Waals surface area contributed by atoms with Gasteiger partial charge in [-0.3, -0.25) is 9.59 Å². The van der Waals surface area contributed by atoms with E-state index in [0.29, 0.717) is 27.7 Å². The summed E-state index contributed by atoms with van der Waals surface area (Å²) in [5.74, 6) is -0.438. The average Bonchev–Trinajstić information content (AvgIpc) is 3.10. The van der Waals surface area contributed by atoms with Crippen molar-refractivity contribution in [1.82, 2.24) is 4.57 Å². The maximum absolute atomic E-state index is 12.6. The van der Waals surface area contributed by atoms with Gasteiger partial charge in [0, 0.05) is 17.8 Å². The molecular weight excluding hydrogens is 360 g/mol. The lowest BCUT2D eigenvalue weighted by atomic mass is 10.1. The molecule has 0 spiro atoms. The molecule has 0 unspecified atom stereocenters. The molecule has 4 rings (SSSR count). The van der Waals surface area contributed by atoms with Crippen molar-refractivity contribution in [2.45, 2.75) is 0 Å². The van der Waals surface area contributed by atoms with Crippen LogP contribution >= 0.6 is 11.6 Å². The van der Waals surface area contributed by atoms with Crippen LogP contribution in [0, 0.1) is 0 Å². The van der Waals surface area contributed by atoms with Crippen LogP contribution in [0.5, 0.6) is 17.2 Å². The fourth-order valence-electron chi connectivity index (χ4n) is 2.91. The SMILES string of the molecule is Cn1c(=O)c(C(=O)Nc2ccc(Cl)cc2)c(O)c2c3c(ccc21)OCO3. The first kappa shape index (κ1) is 16.3. The maximum Gasteiger partial charge on any atom is 0.267 e. The first-order valence-corrected chi connectivity index (χ1v) is 8.06. The number of fused-ring (bicyclic) bond motifs is 3. The molecule has 0 radical (unpaired) electrons. The summed E-state index contributed by atoms with van der Waals surface area (Å²) < 4.78 is 12.0. The zero-order valence-corrected chi connectivity index (χ0v) is 14.3. The highest BCUT2D eigenvalue weighted by Crippen LogP contribution is 2.43. The van der Waals surface area contributed by atoms with Crippen LogP contribution in [-0.2, 0) is 7.05 Å². The van der Waals surface area contributed by atoms with Crippen LogP contribution in [0.3, 0.4) is 0 Å². The number of amides is 1. The summed E-state index contributed by atoms with van der Waals surface area (Å²) in [4.78, 5) is 25.3. The van der Waals surface area contributed by atoms with Crippen molar-refractivity contribution in [3.8, 4) is 17.2 Å². The molecule has 1 aliphatic rings. The van der Waals surface area contributed by atoms with E-state index in [9.17, 15) is 14.7 Å². The van der Waals surface area contributed by atoms with Crippen molar-refractivity contribution >= 4 is 34.1 Å². The van der Waals surface area contributed by atoms with Crippen molar-refractivity contribution in [2.24, 2.45) is 7.05 Å². The number of carbonyl (C=O) groups excluding carboxylic acids is 1. The zero-order valence-electron chi connectivity index (χ0n) is 13.6. The number of pyridine rings is 1. The smallest absolute Gasteiger partial charge is 0.267 e. The molecule has 1 aromatic heterocycles. The predicted molar refractivity (Wildman–Crippen MR) is 96.4 cm³/mol. The quantitative estimate of drug-likeness (QED) is 0.722. The minimum atomic E-state index is -0.733. The van der Waals surface area contributed by atoms with Crippen molar-refractivity contribution in [2.75, 3.05) is 12.1 Å². The molecule has 0 atom stereocenters. The summed E-state index contributed by atoms with van der Waals surface area (Å²) in [6.07, 6.45) is 0. The number of anilines is 1. The number of aryl methyl sites for hydroxylation is 1. The number of halogens is 1. The lowest BCUT2D eigenvalue weighted by Crippen LogP contribution is -2.28. The van der Waals surface area contributed by atoms with Crippen molar-refractivity contribution in [1.29, 1.82) is 0 Å². The molecule has 1 amide bonds. The molecule has 7 nitrogen and oxygen atoms in total. The van der Waals surface area contributed by atoms with Crippen LogP contribution in [0.1, 0.15) is 10.4 Å².